The summed E-state index contributed by atoms with van der Waals surface area (Å²) < 4.78 is 6.33. The van der Waals surface area contributed by atoms with Crippen molar-refractivity contribution in [2.24, 2.45) is 7.05 Å². The van der Waals surface area contributed by atoms with Crippen molar-refractivity contribution in [1.82, 2.24) is 14.7 Å². The predicted octanol–water partition coefficient (Wildman–Crippen LogP) is 0.588. The Balaban J connectivity index is 2.18. The number of aryl methyl sites for hydroxylation is 1. The van der Waals surface area contributed by atoms with Gasteiger partial charge in [-0.25, -0.2) is 4.79 Å². The van der Waals surface area contributed by atoms with Crippen molar-refractivity contribution in [1.29, 1.82) is 0 Å². The fourth-order valence-corrected chi connectivity index (χ4v) is 2.23. The Morgan fingerprint density at radius 3 is 2.83 bits per heavy atom. The second-order valence-corrected chi connectivity index (χ2v) is 4.41. The van der Waals surface area contributed by atoms with E-state index in [4.69, 9.17) is 4.74 Å². The number of esters is 1. The molecule has 1 saturated heterocycles. The minimum atomic E-state index is -0.474. The molecule has 0 unspecified atom stereocenters. The van der Waals surface area contributed by atoms with E-state index in [1.807, 2.05) is 0 Å². The van der Waals surface area contributed by atoms with Crippen molar-refractivity contribution in [2.75, 3.05) is 13.7 Å². The van der Waals surface area contributed by atoms with Crippen LogP contribution in [0.4, 0.5) is 0 Å². The molecule has 1 aliphatic heterocycles. The van der Waals surface area contributed by atoms with Crippen LogP contribution in [0.15, 0.2) is 12.3 Å². The Hall–Kier alpha value is -1.85. The minimum absolute atomic E-state index is 0.203. The van der Waals surface area contributed by atoms with Crippen LogP contribution in [0.5, 0.6) is 0 Å². The van der Waals surface area contributed by atoms with Gasteiger partial charge in [0.05, 0.1) is 7.11 Å². The zero-order valence-electron chi connectivity index (χ0n) is 10.6. The van der Waals surface area contributed by atoms with Gasteiger partial charge in [0, 0.05) is 19.8 Å². The average Bonchev–Trinajstić information content (AvgIpc) is 2.83. The van der Waals surface area contributed by atoms with Gasteiger partial charge in [0.1, 0.15) is 11.7 Å². The molecular weight excluding hydrogens is 234 g/mol. The predicted molar refractivity (Wildman–Crippen MR) is 63.9 cm³/mol. The molecule has 0 saturated carbocycles. The number of rotatable bonds is 2. The summed E-state index contributed by atoms with van der Waals surface area (Å²) in [6, 6.07) is 1.18. The van der Waals surface area contributed by atoms with Gasteiger partial charge in [-0.1, -0.05) is 0 Å². The first-order valence-corrected chi connectivity index (χ1v) is 6.02. The highest BCUT2D eigenvalue weighted by molar-refractivity contribution is 5.95. The summed E-state index contributed by atoms with van der Waals surface area (Å²) in [5, 5.41) is 4.08. The molecule has 1 aromatic heterocycles. The number of likely N-dealkylation sites (tertiary alicyclic amines) is 1. The summed E-state index contributed by atoms with van der Waals surface area (Å²) in [4.78, 5) is 25.5. The second kappa shape index (κ2) is 5.20. The van der Waals surface area contributed by atoms with Gasteiger partial charge in [-0.2, -0.15) is 5.10 Å². The number of piperidine rings is 1. The SMILES string of the molecule is COC(=O)[C@H]1CCCCN1C(=O)c1ccn(C)n1. The number of carbonyl (C=O) groups excluding carboxylic acids is 2. The Morgan fingerprint density at radius 2 is 2.22 bits per heavy atom. The van der Waals surface area contributed by atoms with Crippen LogP contribution in [-0.2, 0) is 16.6 Å². The van der Waals surface area contributed by atoms with Crippen molar-refractivity contribution < 1.29 is 14.3 Å². The molecule has 6 nitrogen and oxygen atoms in total. The van der Waals surface area contributed by atoms with Crippen LogP contribution in [-0.4, -0.2) is 46.3 Å². The normalized spacial score (nSPS) is 19.7. The molecule has 18 heavy (non-hydrogen) atoms. The molecule has 1 fully saturated rings. The highest BCUT2D eigenvalue weighted by Crippen LogP contribution is 2.20. The molecule has 0 aliphatic carbocycles. The van der Waals surface area contributed by atoms with E-state index in [-0.39, 0.29) is 11.9 Å². The van der Waals surface area contributed by atoms with Gasteiger partial charge >= 0.3 is 5.97 Å². The van der Waals surface area contributed by atoms with Gasteiger partial charge in [-0.3, -0.25) is 9.48 Å². The van der Waals surface area contributed by atoms with Crippen molar-refractivity contribution in [3.8, 4) is 0 Å². The van der Waals surface area contributed by atoms with Gasteiger partial charge in [0.25, 0.3) is 5.91 Å². The van der Waals surface area contributed by atoms with Gasteiger partial charge in [-0.15, -0.1) is 0 Å². The van der Waals surface area contributed by atoms with E-state index < -0.39 is 6.04 Å². The molecule has 1 aromatic rings. The maximum Gasteiger partial charge on any atom is 0.328 e. The third-order valence-corrected chi connectivity index (χ3v) is 3.17. The fourth-order valence-electron chi connectivity index (χ4n) is 2.23. The summed E-state index contributed by atoms with van der Waals surface area (Å²) in [7, 11) is 3.10. The number of hydrogen-bond donors (Lipinski definition) is 0. The lowest BCUT2D eigenvalue weighted by molar-refractivity contribution is -0.147. The molecule has 1 atom stereocenters. The molecule has 2 rings (SSSR count). The van der Waals surface area contributed by atoms with Crippen LogP contribution in [0.3, 0.4) is 0 Å². The van der Waals surface area contributed by atoms with Crippen LogP contribution in [0, 0.1) is 0 Å². The third kappa shape index (κ3) is 2.37. The van der Waals surface area contributed by atoms with Gasteiger partial charge in [-0.05, 0) is 25.3 Å². The van der Waals surface area contributed by atoms with E-state index in [1.54, 1.807) is 28.9 Å². The van der Waals surface area contributed by atoms with E-state index in [0.29, 0.717) is 18.7 Å². The minimum Gasteiger partial charge on any atom is -0.467 e. The molecule has 1 amide bonds. The Kier molecular flexibility index (Phi) is 3.64. The number of aromatic nitrogens is 2. The number of ether oxygens (including phenoxy) is 1. The molecule has 2 heterocycles. The molecule has 0 N–H and O–H groups in total. The maximum absolute atomic E-state index is 12.3. The molecule has 0 spiro atoms. The smallest absolute Gasteiger partial charge is 0.328 e. The Bertz CT molecular complexity index is 455. The highest BCUT2D eigenvalue weighted by atomic mass is 16.5. The van der Waals surface area contributed by atoms with Gasteiger partial charge < -0.3 is 9.64 Å². The van der Waals surface area contributed by atoms with Crippen LogP contribution in [0.25, 0.3) is 0 Å². The quantitative estimate of drug-likeness (QED) is 0.721. The summed E-state index contributed by atoms with van der Waals surface area (Å²) in [5.41, 5.74) is 0.369. The number of carbonyl (C=O) groups is 2. The van der Waals surface area contributed by atoms with Crippen molar-refractivity contribution in [3.63, 3.8) is 0 Å². The molecule has 1 aliphatic rings. The Labute approximate surface area is 106 Å². The van der Waals surface area contributed by atoms with Crippen LogP contribution in [0.1, 0.15) is 29.8 Å². The summed E-state index contributed by atoms with van der Waals surface area (Å²) in [6.45, 7) is 0.579. The number of nitrogens with zero attached hydrogens (tertiary/aromatic N) is 3. The first-order valence-electron chi connectivity index (χ1n) is 6.02. The second-order valence-electron chi connectivity index (χ2n) is 4.41. The van der Waals surface area contributed by atoms with Crippen LogP contribution in [0.2, 0.25) is 0 Å². The van der Waals surface area contributed by atoms with E-state index in [2.05, 4.69) is 5.10 Å². The zero-order valence-corrected chi connectivity index (χ0v) is 10.6. The fraction of sp³-hybridized carbons (Fsp3) is 0.583. The standard InChI is InChI=1S/C12H17N3O3/c1-14-8-6-9(13-14)11(16)15-7-4-3-5-10(15)12(17)18-2/h6,8,10H,3-5,7H2,1-2H3/t10-/m1/s1. The lowest BCUT2D eigenvalue weighted by Crippen LogP contribution is -2.48. The third-order valence-electron chi connectivity index (χ3n) is 3.17. The summed E-state index contributed by atoms with van der Waals surface area (Å²) in [6.07, 6.45) is 4.22. The Morgan fingerprint density at radius 1 is 1.44 bits per heavy atom. The lowest BCUT2D eigenvalue weighted by atomic mass is 10.0. The van der Waals surface area contributed by atoms with Crippen LogP contribution >= 0.6 is 0 Å². The molecule has 98 valence electrons. The molecule has 0 radical (unpaired) electrons. The topological polar surface area (TPSA) is 64.4 Å². The number of methoxy groups -OCH3 is 1. The van der Waals surface area contributed by atoms with Gasteiger partial charge in [0.15, 0.2) is 0 Å². The molecule has 0 bridgehead atoms. The zero-order chi connectivity index (χ0) is 13.1. The van der Waals surface area contributed by atoms with E-state index in [0.717, 1.165) is 12.8 Å². The maximum atomic E-state index is 12.3. The summed E-state index contributed by atoms with van der Waals surface area (Å²) in [5.74, 6) is -0.551. The largest absolute Gasteiger partial charge is 0.467 e. The van der Waals surface area contributed by atoms with Crippen molar-refractivity contribution >= 4 is 11.9 Å². The molecule has 0 aromatic carbocycles. The lowest BCUT2D eigenvalue weighted by Gasteiger charge is -2.33. The summed E-state index contributed by atoms with van der Waals surface area (Å²) >= 11 is 0. The van der Waals surface area contributed by atoms with E-state index in [9.17, 15) is 9.59 Å². The average molecular weight is 251 g/mol. The van der Waals surface area contributed by atoms with Crippen molar-refractivity contribution in [2.45, 2.75) is 25.3 Å². The number of amides is 1. The van der Waals surface area contributed by atoms with E-state index in [1.165, 1.54) is 7.11 Å². The molecular formula is C12H17N3O3. The molecule has 6 heteroatoms. The van der Waals surface area contributed by atoms with Crippen LogP contribution < -0.4 is 0 Å². The van der Waals surface area contributed by atoms with Crippen molar-refractivity contribution in [3.05, 3.63) is 18.0 Å². The highest BCUT2D eigenvalue weighted by Gasteiger charge is 2.34. The first kappa shape index (κ1) is 12.6. The number of hydrogen-bond acceptors (Lipinski definition) is 4. The van der Waals surface area contributed by atoms with Gasteiger partial charge in [0.2, 0.25) is 0 Å². The van der Waals surface area contributed by atoms with E-state index >= 15 is 0 Å². The monoisotopic (exact) mass is 251 g/mol. The first-order chi connectivity index (χ1) is 8.63.